The van der Waals surface area contributed by atoms with E-state index in [1.807, 2.05) is 30.3 Å². The van der Waals surface area contributed by atoms with E-state index in [2.05, 4.69) is 10.6 Å². The van der Waals surface area contributed by atoms with Gasteiger partial charge in [-0.2, -0.15) is 8.42 Å². The standard InChI is InChI=1S/C22H16N2O6S/c25-20(23-13-14-6-2-1-3-7-14)17-8-4-5-9-19(17)30-31(28,29)15-10-11-16-18(12-15)22(27)24-21(16)26/h1-12H,13H2,(H,23,25)(H,24,26,27). The predicted octanol–water partition coefficient (Wildman–Crippen LogP) is 2.27. The van der Waals surface area contributed by atoms with Crippen molar-refractivity contribution < 1.29 is 27.0 Å². The Kier molecular flexibility index (Phi) is 5.26. The third kappa shape index (κ3) is 4.17. The molecule has 0 unspecified atom stereocenters. The van der Waals surface area contributed by atoms with E-state index in [1.54, 1.807) is 6.07 Å². The van der Waals surface area contributed by atoms with E-state index in [9.17, 15) is 22.8 Å². The van der Waals surface area contributed by atoms with E-state index in [0.29, 0.717) is 0 Å². The highest BCUT2D eigenvalue weighted by atomic mass is 32.2. The van der Waals surface area contributed by atoms with Crippen molar-refractivity contribution >= 4 is 27.8 Å². The van der Waals surface area contributed by atoms with Crippen molar-refractivity contribution in [1.29, 1.82) is 0 Å². The minimum atomic E-state index is -4.37. The molecular formula is C22H16N2O6S. The molecule has 4 rings (SSSR count). The largest absolute Gasteiger partial charge is 0.378 e. The Labute approximate surface area is 178 Å². The first-order valence-corrected chi connectivity index (χ1v) is 10.6. The molecule has 0 aromatic heterocycles. The van der Waals surface area contributed by atoms with Crippen LogP contribution in [0, 0.1) is 0 Å². The lowest BCUT2D eigenvalue weighted by Crippen LogP contribution is -2.24. The Bertz CT molecular complexity index is 1300. The Morgan fingerprint density at radius 1 is 0.871 bits per heavy atom. The van der Waals surface area contributed by atoms with Crippen LogP contribution < -0.4 is 14.8 Å². The normalized spacial score (nSPS) is 12.8. The van der Waals surface area contributed by atoms with Gasteiger partial charge in [-0.3, -0.25) is 19.7 Å². The highest BCUT2D eigenvalue weighted by Crippen LogP contribution is 2.26. The number of rotatable bonds is 6. The predicted molar refractivity (Wildman–Crippen MR) is 110 cm³/mol. The molecule has 0 spiro atoms. The number of benzene rings is 3. The second-order valence-electron chi connectivity index (χ2n) is 6.69. The second kappa shape index (κ2) is 8.04. The molecule has 0 radical (unpaired) electrons. The van der Waals surface area contributed by atoms with Gasteiger partial charge in [0.25, 0.3) is 17.7 Å². The lowest BCUT2D eigenvalue weighted by atomic mass is 10.1. The van der Waals surface area contributed by atoms with E-state index >= 15 is 0 Å². The number of imide groups is 1. The molecule has 3 aromatic rings. The van der Waals surface area contributed by atoms with Crippen molar-refractivity contribution in [2.45, 2.75) is 11.4 Å². The molecule has 0 saturated heterocycles. The molecule has 8 nitrogen and oxygen atoms in total. The van der Waals surface area contributed by atoms with Crippen LogP contribution in [-0.2, 0) is 16.7 Å². The number of amides is 3. The summed E-state index contributed by atoms with van der Waals surface area (Å²) in [6.45, 7) is 0.259. The maximum absolute atomic E-state index is 12.8. The fourth-order valence-electron chi connectivity index (χ4n) is 3.07. The monoisotopic (exact) mass is 436 g/mol. The van der Waals surface area contributed by atoms with Crippen molar-refractivity contribution in [2.75, 3.05) is 0 Å². The summed E-state index contributed by atoms with van der Waals surface area (Å²) < 4.78 is 30.8. The van der Waals surface area contributed by atoms with Crippen LogP contribution in [0.2, 0.25) is 0 Å². The fraction of sp³-hybridized carbons (Fsp3) is 0.0455. The zero-order valence-electron chi connectivity index (χ0n) is 16.0. The number of nitrogens with one attached hydrogen (secondary N) is 2. The van der Waals surface area contributed by atoms with Crippen LogP contribution in [0.3, 0.4) is 0 Å². The van der Waals surface area contributed by atoms with Crippen molar-refractivity contribution in [2.24, 2.45) is 0 Å². The molecule has 0 atom stereocenters. The molecule has 3 amide bonds. The Balaban J connectivity index is 1.57. The quantitative estimate of drug-likeness (QED) is 0.452. The van der Waals surface area contributed by atoms with Crippen molar-refractivity contribution in [3.8, 4) is 5.75 Å². The SMILES string of the molecule is O=C(NCc1ccccc1)c1ccccc1OS(=O)(=O)c1ccc2c(c1)C(=O)NC2=O. The molecule has 1 aliphatic heterocycles. The van der Waals surface area contributed by atoms with Gasteiger partial charge >= 0.3 is 10.1 Å². The zero-order valence-corrected chi connectivity index (χ0v) is 16.8. The molecule has 9 heteroatoms. The molecule has 0 aliphatic carbocycles. The summed E-state index contributed by atoms with van der Waals surface area (Å²) in [6.07, 6.45) is 0. The molecule has 3 aromatic carbocycles. The van der Waals surface area contributed by atoms with E-state index in [-0.39, 0.29) is 33.9 Å². The van der Waals surface area contributed by atoms with Crippen LogP contribution in [0.5, 0.6) is 5.75 Å². The van der Waals surface area contributed by atoms with Crippen LogP contribution in [0.15, 0.2) is 77.7 Å². The van der Waals surface area contributed by atoms with Gasteiger partial charge in [0, 0.05) is 6.54 Å². The first-order valence-electron chi connectivity index (χ1n) is 9.20. The summed E-state index contributed by atoms with van der Waals surface area (Å²) >= 11 is 0. The van der Waals surface area contributed by atoms with Gasteiger partial charge in [-0.25, -0.2) is 0 Å². The van der Waals surface area contributed by atoms with Gasteiger partial charge in [-0.05, 0) is 35.9 Å². The Morgan fingerprint density at radius 2 is 1.55 bits per heavy atom. The topological polar surface area (TPSA) is 119 Å². The minimum absolute atomic E-state index is 0.0380. The van der Waals surface area contributed by atoms with Crippen LogP contribution in [-0.4, -0.2) is 26.1 Å². The molecule has 1 heterocycles. The van der Waals surface area contributed by atoms with Gasteiger partial charge in [0.1, 0.15) is 4.90 Å². The van der Waals surface area contributed by atoms with Gasteiger partial charge in [0.15, 0.2) is 5.75 Å². The highest BCUT2D eigenvalue weighted by Gasteiger charge is 2.30. The van der Waals surface area contributed by atoms with Crippen LogP contribution >= 0.6 is 0 Å². The van der Waals surface area contributed by atoms with Gasteiger partial charge < -0.3 is 9.50 Å². The third-order valence-corrected chi connectivity index (χ3v) is 5.85. The maximum atomic E-state index is 12.8. The number of hydrogen-bond donors (Lipinski definition) is 2. The number of para-hydroxylation sites is 1. The third-order valence-electron chi connectivity index (χ3n) is 4.62. The van der Waals surface area contributed by atoms with Gasteiger partial charge in [-0.15, -0.1) is 0 Å². The molecule has 31 heavy (non-hydrogen) atoms. The Hall–Kier alpha value is -3.98. The van der Waals surface area contributed by atoms with E-state index in [4.69, 9.17) is 4.18 Å². The first kappa shape index (κ1) is 20.3. The number of fused-ring (bicyclic) bond motifs is 1. The zero-order chi connectivity index (χ0) is 22.0. The summed E-state index contributed by atoms with van der Waals surface area (Å²) in [7, 11) is -4.37. The highest BCUT2D eigenvalue weighted by molar-refractivity contribution is 7.87. The minimum Gasteiger partial charge on any atom is -0.378 e. The molecule has 1 aliphatic rings. The smallest absolute Gasteiger partial charge is 0.339 e. The Morgan fingerprint density at radius 3 is 2.32 bits per heavy atom. The number of carbonyl (C=O) groups excluding carboxylic acids is 3. The molecule has 0 bridgehead atoms. The average molecular weight is 436 g/mol. The molecular weight excluding hydrogens is 420 g/mol. The van der Waals surface area contributed by atoms with E-state index in [0.717, 1.165) is 11.6 Å². The average Bonchev–Trinajstić information content (AvgIpc) is 3.06. The molecule has 2 N–H and O–H groups in total. The summed E-state index contributed by atoms with van der Waals surface area (Å²) in [5.41, 5.74) is 0.956. The van der Waals surface area contributed by atoms with Crippen LogP contribution in [0.4, 0.5) is 0 Å². The van der Waals surface area contributed by atoms with Crippen molar-refractivity contribution in [3.05, 3.63) is 95.1 Å². The van der Waals surface area contributed by atoms with Gasteiger partial charge in [0.2, 0.25) is 0 Å². The van der Waals surface area contributed by atoms with E-state index < -0.39 is 27.8 Å². The summed E-state index contributed by atoms with van der Waals surface area (Å²) in [6, 6.07) is 18.7. The van der Waals surface area contributed by atoms with Crippen molar-refractivity contribution in [1.82, 2.24) is 10.6 Å². The van der Waals surface area contributed by atoms with E-state index in [1.165, 1.54) is 30.3 Å². The lowest BCUT2D eigenvalue weighted by molar-refractivity contribution is 0.0877. The summed E-state index contributed by atoms with van der Waals surface area (Å²) in [5.74, 6) is -1.94. The van der Waals surface area contributed by atoms with Crippen LogP contribution in [0.25, 0.3) is 0 Å². The number of carbonyl (C=O) groups is 3. The van der Waals surface area contributed by atoms with Crippen molar-refractivity contribution in [3.63, 3.8) is 0 Å². The molecule has 0 saturated carbocycles. The maximum Gasteiger partial charge on any atom is 0.339 e. The van der Waals surface area contributed by atoms with Crippen LogP contribution in [0.1, 0.15) is 36.6 Å². The number of hydrogen-bond acceptors (Lipinski definition) is 6. The summed E-state index contributed by atoms with van der Waals surface area (Å²) in [4.78, 5) is 35.8. The lowest BCUT2D eigenvalue weighted by Gasteiger charge is -2.12. The first-order chi connectivity index (χ1) is 14.8. The fourth-order valence-corrected chi connectivity index (χ4v) is 4.04. The van der Waals surface area contributed by atoms with Gasteiger partial charge in [0.05, 0.1) is 16.7 Å². The van der Waals surface area contributed by atoms with Gasteiger partial charge in [-0.1, -0.05) is 42.5 Å². The second-order valence-corrected chi connectivity index (χ2v) is 8.24. The summed E-state index contributed by atoms with van der Waals surface area (Å²) in [5, 5.41) is 4.82. The molecule has 0 fully saturated rings. The molecule has 156 valence electrons.